The van der Waals surface area contributed by atoms with Crippen LogP contribution in [0.3, 0.4) is 0 Å². The van der Waals surface area contributed by atoms with Crippen molar-refractivity contribution in [2.45, 2.75) is 40.0 Å². The van der Waals surface area contributed by atoms with Gasteiger partial charge in [-0.25, -0.2) is 0 Å². The summed E-state index contributed by atoms with van der Waals surface area (Å²) in [5.74, 6) is 0.524. The number of hydrogen-bond acceptors (Lipinski definition) is 1. The van der Waals surface area contributed by atoms with Gasteiger partial charge in [-0.15, -0.1) is 0 Å². The van der Waals surface area contributed by atoms with E-state index in [0.717, 1.165) is 13.0 Å². The standard InChI is InChI=1S/C13H21N/c1-5-12(8-14)13-10(3)6-9(2)7-11(13)4/h6-7,12H,5,8,14H2,1-4H3. The Hall–Kier alpha value is -0.820. The van der Waals surface area contributed by atoms with Crippen molar-refractivity contribution in [3.8, 4) is 0 Å². The van der Waals surface area contributed by atoms with Crippen LogP contribution < -0.4 is 5.73 Å². The molecule has 0 spiro atoms. The highest BCUT2D eigenvalue weighted by atomic mass is 14.5. The molecule has 0 aromatic heterocycles. The Bertz CT molecular complexity index is 288. The van der Waals surface area contributed by atoms with Gasteiger partial charge in [-0.05, 0) is 56.3 Å². The van der Waals surface area contributed by atoms with Crippen LogP contribution in [-0.4, -0.2) is 6.54 Å². The molecule has 0 bridgehead atoms. The predicted molar refractivity (Wildman–Crippen MR) is 62.7 cm³/mol. The molecule has 0 amide bonds. The van der Waals surface area contributed by atoms with E-state index in [1.165, 1.54) is 22.3 Å². The molecule has 0 saturated carbocycles. The zero-order valence-electron chi connectivity index (χ0n) is 9.72. The van der Waals surface area contributed by atoms with Crippen LogP contribution in [0.15, 0.2) is 12.1 Å². The number of aryl methyl sites for hydroxylation is 3. The number of rotatable bonds is 3. The van der Waals surface area contributed by atoms with Gasteiger partial charge in [0.2, 0.25) is 0 Å². The lowest BCUT2D eigenvalue weighted by molar-refractivity contribution is 0.666. The van der Waals surface area contributed by atoms with Crippen LogP contribution in [0.4, 0.5) is 0 Å². The molecule has 78 valence electrons. The van der Waals surface area contributed by atoms with E-state index in [-0.39, 0.29) is 0 Å². The minimum Gasteiger partial charge on any atom is -0.330 e. The third-order valence-corrected chi connectivity index (χ3v) is 2.92. The molecule has 1 rings (SSSR count). The van der Waals surface area contributed by atoms with Gasteiger partial charge in [-0.3, -0.25) is 0 Å². The van der Waals surface area contributed by atoms with Gasteiger partial charge >= 0.3 is 0 Å². The highest BCUT2D eigenvalue weighted by molar-refractivity contribution is 5.40. The van der Waals surface area contributed by atoms with Crippen molar-refractivity contribution in [2.24, 2.45) is 5.73 Å². The van der Waals surface area contributed by atoms with E-state index < -0.39 is 0 Å². The van der Waals surface area contributed by atoms with Gasteiger partial charge in [-0.2, -0.15) is 0 Å². The second-order valence-corrected chi connectivity index (χ2v) is 4.15. The summed E-state index contributed by atoms with van der Waals surface area (Å²) in [6.07, 6.45) is 1.13. The average Bonchev–Trinajstić information content (AvgIpc) is 2.10. The molecule has 1 aromatic carbocycles. The van der Waals surface area contributed by atoms with E-state index in [2.05, 4.69) is 39.8 Å². The first-order chi connectivity index (χ1) is 6.60. The normalized spacial score (nSPS) is 12.9. The van der Waals surface area contributed by atoms with Crippen molar-refractivity contribution in [2.75, 3.05) is 6.54 Å². The highest BCUT2D eigenvalue weighted by Crippen LogP contribution is 2.26. The molecule has 1 nitrogen and oxygen atoms in total. The first-order valence-corrected chi connectivity index (χ1v) is 5.38. The van der Waals surface area contributed by atoms with E-state index in [1.54, 1.807) is 0 Å². The molecule has 1 aromatic rings. The lowest BCUT2D eigenvalue weighted by Crippen LogP contribution is -2.14. The van der Waals surface area contributed by atoms with Gasteiger partial charge in [-0.1, -0.05) is 24.6 Å². The van der Waals surface area contributed by atoms with Crippen LogP contribution in [0.1, 0.15) is 41.5 Å². The van der Waals surface area contributed by atoms with Crippen LogP contribution in [0.25, 0.3) is 0 Å². The first kappa shape index (κ1) is 11.3. The number of nitrogens with two attached hydrogens (primary N) is 1. The summed E-state index contributed by atoms with van der Waals surface area (Å²) in [6.45, 7) is 9.48. The summed E-state index contributed by atoms with van der Waals surface area (Å²) in [4.78, 5) is 0. The van der Waals surface area contributed by atoms with Crippen LogP contribution in [-0.2, 0) is 0 Å². The highest BCUT2D eigenvalue weighted by Gasteiger charge is 2.12. The van der Waals surface area contributed by atoms with E-state index in [4.69, 9.17) is 5.73 Å². The third kappa shape index (κ3) is 2.16. The molecule has 0 aliphatic heterocycles. The van der Waals surface area contributed by atoms with Crippen LogP contribution in [0.5, 0.6) is 0 Å². The van der Waals surface area contributed by atoms with Crippen molar-refractivity contribution < 1.29 is 0 Å². The van der Waals surface area contributed by atoms with Gasteiger partial charge in [0.15, 0.2) is 0 Å². The third-order valence-electron chi connectivity index (χ3n) is 2.92. The summed E-state index contributed by atoms with van der Waals surface area (Å²) < 4.78 is 0. The van der Waals surface area contributed by atoms with Crippen LogP contribution in [0, 0.1) is 20.8 Å². The smallest absolute Gasteiger partial charge is 0.000814 e. The average molecular weight is 191 g/mol. The first-order valence-electron chi connectivity index (χ1n) is 5.38. The topological polar surface area (TPSA) is 26.0 Å². The second-order valence-electron chi connectivity index (χ2n) is 4.15. The largest absolute Gasteiger partial charge is 0.330 e. The molecular formula is C13H21N. The maximum Gasteiger partial charge on any atom is -0.000814 e. The maximum absolute atomic E-state index is 5.79. The van der Waals surface area contributed by atoms with E-state index in [1.807, 2.05) is 0 Å². The monoisotopic (exact) mass is 191 g/mol. The van der Waals surface area contributed by atoms with Crippen LogP contribution >= 0.6 is 0 Å². The van der Waals surface area contributed by atoms with Crippen molar-refractivity contribution in [3.05, 3.63) is 34.4 Å². The molecule has 2 N–H and O–H groups in total. The van der Waals surface area contributed by atoms with Crippen molar-refractivity contribution in [3.63, 3.8) is 0 Å². The maximum atomic E-state index is 5.79. The van der Waals surface area contributed by atoms with Gasteiger partial charge in [0.25, 0.3) is 0 Å². The van der Waals surface area contributed by atoms with Crippen molar-refractivity contribution in [1.29, 1.82) is 0 Å². The van der Waals surface area contributed by atoms with E-state index in [0.29, 0.717) is 5.92 Å². The number of hydrogen-bond donors (Lipinski definition) is 1. The van der Waals surface area contributed by atoms with Crippen LogP contribution in [0.2, 0.25) is 0 Å². The number of benzene rings is 1. The van der Waals surface area contributed by atoms with Crippen molar-refractivity contribution in [1.82, 2.24) is 0 Å². The molecule has 0 heterocycles. The Morgan fingerprint density at radius 1 is 1.14 bits per heavy atom. The lowest BCUT2D eigenvalue weighted by Gasteiger charge is -2.19. The minimum absolute atomic E-state index is 0.524. The van der Waals surface area contributed by atoms with Gasteiger partial charge in [0, 0.05) is 0 Å². The van der Waals surface area contributed by atoms with Gasteiger partial charge in [0.05, 0.1) is 0 Å². The molecule has 0 saturated heterocycles. The fourth-order valence-corrected chi connectivity index (χ4v) is 2.32. The minimum atomic E-state index is 0.524. The summed E-state index contributed by atoms with van der Waals surface area (Å²) in [7, 11) is 0. The fourth-order valence-electron chi connectivity index (χ4n) is 2.32. The molecule has 1 unspecified atom stereocenters. The molecule has 0 radical (unpaired) electrons. The molecule has 1 heteroatoms. The molecule has 0 aliphatic rings. The Morgan fingerprint density at radius 2 is 1.64 bits per heavy atom. The van der Waals surface area contributed by atoms with Gasteiger partial charge in [0.1, 0.15) is 0 Å². The molecule has 1 atom stereocenters. The Kier molecular flexibility index (Phi) is 3.70. The molecular weight excluding hydrogens is 170 g/mol. The van der Waals surface area contributed by atoms with Crippen molar-refractivity contribution >= 4 is 0 Å². The lowest BCUT2D eigenvalue weighted by atomic mass is 9.88. The summed E-state index contributed by atoms with van der Waals surface area (Å²) >= 11 is 0. The summed E-state index contributed by atoms with van der Waals surface area (Å²) in [5.41, 5.74) is 11.4. The Morgan fingerprint density at radius 3 is 2.00 bits per heavy atom. The fraction of sp³-hybridized carbons (Fsp3) is 0.538. The predicted octanol–water partition coefficient (Wildman–Crippen LogP) is 3.06. The van der Waals surface area contributed by atoms with E-state index in [9.17, 15) is 0 Å². The molecule has 14 heavy (non-hydrogen) atoms. The van der Waals surface area contributed by atoms with E-state index >= 15 is 0 Å². The van der Waals surface area contributed by atoms with Gasteiger partial charge < -0.3 is 5.73 Å². The zero-order chi connectivity index (χ0) is 10.7. The molecule has 0 aliphatic carbocycles. The second kappa shape index (κ2) is 4.61. The zero-order valence-corrected chi connectivity index (χ0v) is 9.72. The SMILES string of the molecule is CCC(CN)c1c(C)cc(C)cc1C. The molecule has 0 fully saturated rings. The summed E-state index contributed by atoms with van der Waals surface area (Å²) in [6, 6.07) is 4.50. The Balaban J connectivity index is 3.19. The Labute approximate surface area is 87.3 Å². The summed E-state index contributed by atoms with van der Waals surface area (Å²) in [5, 5.41) is 0. The quantitative estimate of drug-likeness (QED) is 0.780.